The number of anilines is 1. The Bertz CT molecular complexity index is 486. The second-order valence-corrected chi connectivity index (χ2v) is 4.70. The number of halogens is 1. The molecule has 1 aromatic heterocycles. The van der Waals surface area contributed by atoms with Gasteiger partial charge < -0.3 is 10.4 Å². The number of aromatic nitrogens is 1. The Hall–Kier alpha value is -1.55. The lowest BCUT2D eigenvalue weighted by atomic mass is 10.2. The van der Waals surface area contributed by atoms with Gasteiger partial charge in [-0.05, 0) is 31.7 Å². The van der Waals surface area contributed by atoms with Gasteiger partial charge in [-0.25, -0.2) is 9.78 Å². The number of rotatable bonds is 5. The number of nitrogens with one attached hydrogen (secondary N) is 1. The summed E-state index contributed by atoms with van der Waals surface area (Å²) in [6.07, 6.45) is 8.19. The maximum Gasteiger partial charge on any atom is 0.337 e. The summed E-state index contributed by atoms with van der Waals surface area (Å²) >= 11 is 5.97. The van der Waals surface area contributed by atoms with Crippen LogP contribution in [0.15, 0.2) is 23.9 Å². The van der Waals surface area contributed by atoms with Crippen molar-refractivity contribution in [2.75, 3.05) is 11.9 Å². The number of pyridine rings is 1. The van der Waals surface area contributed by atoms with Crippen LogP contribution >= 0.6 is 11.6 Å². The summed E-state index contributed by atoms with van der Waals surface area (Å²) in [5.74, 6) is -0.479. The molecule has 0 aliphatic heterocycles. The average Bonchev–Trinajstić information content (AvgIpc) is 2.84. The van der Waals surface area contributed by atoms with Crippen LogP contribution in [-0.4, -0.2) is 22.6 Å². The molecule has 0 saturated carbocycles. The number of carboxylic acids is 1. The van der Waals surface area contributed by atoms with Gasteiger partial charge in [-0.15, -0.1) is 0 Å². The fourth-order valence-electron chi connectivity index (χ4n) is 1.99. The highest BCUT2D eigenvalue weighted by molar-refractivity contribution is 6.33. The number of hydrogen-bond donors (Lipinski definition) is 2. The summed E-state index contributed by atoms with van der Waals surface area (Å²) in [5.41, 5.74) is 1.57. The summed E-state index contributed by atoms with van der Waals surface area (Å²) in [6, 6.07) is 1.41. The van der Waals surface area contributed by atoms with E-state index in [1.54, 1.807) is 0 Å². The molecular formula is C13H15ClN2O2. The molecule has 1 aliphatic carbocycles. The standard InChI is InChI=1S/C13H15ClN2O2/c14-11-7-10(13(17)18)8-16-12(11)15-6-5-9-3-1-2-4-9/h3,7-8H,1-2,4-6H2,(H,15,16)(H,17,18). The Balaban J connectivity index is 1.91. The van der Waals surface area contributed by atoms with Gasteiger partial charge in [0.25, 0.3) is 0 Å². The minimum Gasteiger partial charge on any atom is -0.478 e. The van der Waals surface area contributed by atoms with Crippen molar-refractivity contribution in [1.82, 2.24) is 4.98 Å². The predicted octanol–water partition coefficient (Wildman–Crippen LogP) is 3.35. The van der Waals surface area contributed by atoms with Gasteiger partial charge >= 0.3 is 5.97 Å². The predicted molar refractivity (Wildman–Crippen MR) is 71.2 cm³/mol. The Morgan fingerprint density at radius 1 is 1.56 bits per heavy atom. The second kappa shape index (κ2) is 5.87. The Labute approximate surface area is 111 Å². The van der Waals surface area contributed by atoms with Crippen molar-refractivity contribution in [2.24, 2.45) is 0 Å². The largest absolute Gasteiger partial charge is 0.478 e. The fourth-order valence-corrected chi connectivity index (χ4v) is 2.22. The second-order valence-electron chi connectivity index (χ2n) is 4.29. The van der Waals surface area contributed by atoms with E-state index in [0.717, 1.165) is 13.0 Å². The molecule has 1 aliphatic rings. The smallest absolute Gasteiger partial charge is 0.337 e. The van der Waals surface area contributed by atoms with Crippen LogP contribution in [0.25, 0.3) is 0 Å². The molecule has 0 saturated heterocycles. The topological polar surface area (TPSA) is 62.2 Å². The van der Waals surface area contributed by atoms with E-state index in [9.17, 15) is 4.79 Å². The maximum atomic E-state index is 10.7. The first-order valence-electron chi connectivity index (χ1n) is 5.97. The van der Waals surface area contributed by atoms with Crippen LogP contribution in [-0.2, 0) is 0 Å². The highest BCUT2D eigenvalue weighted by Gasteiger charge is 2.09. The monoisotopic (exact) mass is 266 g/mol. The van der Waals surface area contributed by atoms with Gasteiger partial charge in [0.1, 0.15) is 5.82 Å². The number of nitrogens with zero attached hydrogens (tertiary/aromatic N) is 1. The van der Waals surface area contributed by atoms with Crippen LogP contribution in [0.5, 0.6) is 0 Å². The summed E-state index contributed by atoms with van der Waals surface area (Å²) in [4.78, 5) is 14.7. The third-order valence-corrected chi connectivity index (χ3v) is 3.25. The number of aromatic carboxylic acids is 1. The minimum atomic E-state index is -1.02. The zero-order valence-corrected chi connectivity index (χ0v) is 10.7. The molecule has 0 unspecified atom stereocenters. The van der Waals surface area contributed by atoms with Gasteiger partial charge in [-0.3, -0.25) is 0 Å². The molecule has 1 heterocycles. The van der Waals surface area contributed by atoms with Crippen molar-refractivity contribution in [2.45, 2.75) is 25.7 Å². The molecule has 0 bridgehead atoms. The number of allylic oxidation sites excluding steroid dienone is 1. The van der Waals surface area contributed by atoms with E-state index in [1.807, 2.05) is 0 Å². The average molecular weight is 267 g/mol. The van der Waals surface area contributed by atoms with Crippen LogP contribution in [0.3, 0.4) is 0 Å². The summed E-state index contributed by atoms with van der Waals surface area (Å²) in [5, 5.41) is 12.3. The summed E-state index contributed by atoms with van der Waals surface area (Å²) < 4.78 is 0. The SMILES string of the molecule is O=C(O)c1cnc(NCCC2=CCCC2)c(Cl)c1. The lowest BCUT2D eigenvalue weighted by Crippen LogP contribution is -2.06. The number of carbonyl (C=O) groups is 1. The first kappa shape index (κ1) is 12.9. The molecule has 4 nitrogen and oxygen atoms in total. The molecule has 0 aromatic carbocycles. The molecule has 18 heavy (non-hydrogen) atoms. The molecular weight excluding hydrogens is 252 g/mol. The lowest BCUT2D eigenvalue weighted by Gasteiger charge is -2.08. The van der Waals surface area contributed by atoms with Crippen molar-refractivity contribution in [3.05, 3.63) is 34.5 Å². The molecule has 2 rings (SSSR count). The Morgan fingerprint density at radius 2 is 2.39 bits per heavy atom. The molecule has 96 valence electrons. The first-order chi connectivity index (χ1) is 8.66. The number of carboxylic acid groups (broad SMARTS) is 1. The van der Waals surface area contributed by atoms with E-state index in [4.69, 9.17) is 16.7 Å². The van der Waals surface area contributed by atoms with Gasteiger partial charge in [0.2, 0.25) is 0 Å². The fraction of sp³-hybridized carbons (Fsp3) is 0.385. The van der Waals surface area contributed by atoms with Gasteiger partial charge in [-0.1, -0.05) is 23.3 Å². The lowest BCUT2D eigenvalue weighted by molar-refractivity contribution is 0.0696. The van der Waals surface area contributed by atoms with Crippen LogP contribution in [0, 0.1) is 0 Å². The van der Waals surface area contributed by atoms with Crippen molar-refractivity contribution < 1.29 is 9.90 Å². The minimum absolute atomic E-state index is 0.101. The quantitative estimate of drug-likeness (QED) is 0.803. The zero-order chi connectivity index (χ0) is 13.0. The molecule has 0 spiro atoms. The van der Waals surface area contributed by atoms with Gasteiger partial charge in [0.15, 0.2) is 0 Å². The highest BCUT2D eigenvalue weighted by Crippen LogP contribution is 2.22. The normalized spacial score (nSPS) is 14.4. The first-order valence-corrected chi connectivity index (χ1v) is 6.35. The van der Waals surface area contributed by atoms with Crippen LogP contribution in [0.4, 0.5) is 5.82 Å². The van der Waals surface area contributed by atoms with E-state index in [0.29, 0.717) is 10.8 Å². The molecule has 1 aromatic rings. The van der Waals surface area contributed by atoms with Gasteiger partial charge in [0.05, 0.1) is 10.6 Å². The van der Waals surface area contributed by atoms with Crippen LogP contribution in [0.1, 0.15) is 36.0 Å². The molecule has 0 radical (unpaired) electrons. The molecule has 0 amide bonds. The van der Waals surface area contributed by atoms with Gasteiger partial charge in [0, 0.05) is 12.7 Å². The Kier molecular flexibility index (Phi) is 4.20. The van der Waals surface area contributed by atoms with Crippen molar-refractivity contribution in [1.29, 1.82) is 0 Å². The van der Waals surface area contributed by atoms with E-state index in [2.05, 4.69) is 16.4 Å². The summed E-state index contributed by atoms with van der Waals surface area (Å²) in [7, 11) is 0. The Morgan fingerprint density at radius 3 is 3.00 bits per heavy atom. The van der Waals surface area contributed by atoms with E-state index in [-0.39, 0.29) is 5.56 Å². The number of hydrogen-bond acceptors (Lipinski definition) is 3. The molecule has 0 atom stereocenters. The van der Waals surface area contributed by atoms with Gasteiger partial charge in [-0.2, -0.15) is 0 Å². The van der Waals surface area contributed by atoms with Crippen LogP contribution in [0.2, 0.25) is 5.02 Å². The van der Waals surface area contributed by atoms with E-state index >= 15 is 0 Å². The molecule has 5 heteroatoms. The third-order valence-electron chi connectivity index (χ3n) is 2.96. The molecule has 0 fully saturated rings. The van der Waals surface area contributed by atoms with E-state index < -0.39 is 5.97 Å². The zero-order valence-electron chi connectivity index (χ0n) is 9.95. The van der Waals surface area contributed by atoms with E-state index in [1.165, 1.54) is 37.1 Å². The molecule has 2 N–H and O–H groups in total. The van der Waals surface area contributed by atoms with Crippen molar-refractivity contribution >= 4 is 23.4 Å². The highest BCUT2D eigenvalue weighted by atomic mass is 35.5. The van der Waals surface area contributed by atoms with Crippen molar-refractivity contribution in [3.63, 3.8) is 0 Å². The third kappa shape index (κ3) is 3.23. The van der Waals surface area contributed by atoms with Crippen LogP contribution < -0.4 is 5.32 Å². The maximum absolute atomic E-state index is 10.7. The van der Waals surface area contributed by atoms with Crippen molar-refractivity contribution in [3.8, 4) is 0 Å². The summed E-state index contributed by atoms with van der Waals surface area (Å²) in [6.45, 7) is 0.769.